The molecule has 0 saturated carbocycles. The molecule has 0 N–H and O–H groups in total. The Morgan fingerprint density at radius 2 is 2.06 bits per heavy atom. The number of thioether (sulfide) groups is 1. The van der Waals surface area contributed by atoms with Crippen molar-refractivity contribution in [1.82, 2.24) is 0 Å². The molecule has 0 aliphatic carbocycles. The van der Waals surface area contributed by atoms with Gasteiger partial charge in [0.1, 0.15) is 10.6 Å². The van der Waals surface area contributed by atoms with Crippen molar-refractivity contribution in [3.63, 3.8) is 0 Å². The quantitative estimate of drug-likeness (QED) is 0.837. The van der Waals surface area contributed by atoms with Crippen LogP contribution < -0.4 is 0 Å². The van der Waals surface area contributed by atoms with E-state index in [0.717, 1.165) is 0 Å². The van der Waals surface area contributed by atoms with Crippen molar-refractivity contribution in [1.29, 1.82) is 0 Å². The summed E-state index contributed by atoms with van der Waals surface area (Å²) in [6.45, 7) is 5.92. The lowest BCUT2D eigenvalue weighted by atomic mass is 9.96. The van der Waals surface area contributed by atoms with E-state index in [0.29, 0.717) is 17.0 Å². The van der Waals surface area contributed by atoms with Gasteiger partial charge in [0.15, 0.2) is 0 Å². The number of hydrogen-bond acceptors (Lipinski definition) is 2. The van der Waals surface area contributed by atoms with Crippen LogP contribution in [0.1, 0.15) is 26.3 Å². The minimum Gasteiger partial charge on any atom is -0.271 e. The number of carbonyl (C=O) groups excluding carboxylic acids is 1. The molecule has 18 heavy (non-hydrogen) atoms. The van der Waals surface area contributed by atoms with Crippen molar-refractivity contribution in [2.24, 2.45) is 10.9 Å². The van der Waals surface area contributed by atoms with Gasteiger partial charge in [0, 0.05) is 6.42 Å². The summed E-state index contributed by atoms with van der Waals surface area (Å²) in [4.78, 5) is 16.0. The number of aliphatic imine (C=N–C) groups is 1. The maximum Gasteiger partial charge on any atom is 0.263 e. The first-order valence-corrected chi connectivity index (χ1v) is 6.79. The average Bonchev–Trinajstić information content (AvgIpc) is 2.59. The topological polar surface area (TPSA) is 29.4 Å². The molecular weight excluding hydrogens is 249 g/mol. The second-order valence-corrected chi connectivity index (χ2v) is 6.47. The van der Waals surface area contributed by atoms with E-state index in [4.69, 9.17) is 0 Å². The maximum atomic E-state index is 13.5. The second-order valence-electron chi connectivity index (χ2n) is 4.94. The van der Waals surface area contributed by atoms with Gasteiger partial charge in [-0.1, -0.05) is 43.8 Å². The number of carbonyl (C=O) groups is 1. The van der Waals surface area contributed by atoms with Crippen molar-refractivity contribution >= 4 is 22.7 Å². The Bertz CT molecular complexity index is 512. The van der Waals surface area contributed by atoms with E-state index in [1.165, 1.54) is 17.8 Å². The van der Waals surface area contributed by atoms with Crippen LogP contribution in [0.3, 0.4) is 0 Å². The van der Waals surface area contributed by atoms with Crippen LogP contribution in [0.4, 0.5) is 4.39 Å². The van der Waals surface area contributed by atoms with Gasteiger partial charge in [0.25, 0.3) is 5.91 Å². The summed E-state index contributed by atoms with van der Waals surface area (Å²) < 4.78 is 13.0. The third-order valence-electron chi connectivity index (χ3n) is 3.38. The second kappa shape index (κ2) is 4.84. The van der Waals surface area contributed by atoms with E-state index >= 15 is 0 Å². The summed E-state index contributed by atoms with van der Waals surface area (Å²) in [6, 6.07) is 6.61. The summed E-state index contributed by atoms with van der Waals surface area (Å²) in [7, 11) is 0. The Labute approximate surface area is 111 Å². The maximum absolute atomic E-state index is 13.5. The molecule has 1 aromatic carbocycles. The van der Waals surface area contributed by atoms with Gasteiger partial charge in [-0.05, 0) is 24.5 Å². The molecule has 2 nitrogen and oxygen atoms in total. The third kappa shape index (κ3) is 2.34. The van der Waals surface area contributed by atoms with Gasteiger partial charge in [-0.2, -0.15) is 0 Å². The molecular formula is C14H16FNOS. The van der Waals surface area contributed by atoms with Crippen LogP contribution in [0.25, 0.3) is 0 Å². The van der Waals surface area contributed by atoms with E-state index in [-0.39, 0.29) is 17.6 Å². The van der Waals surface area contributed by atoms with E-state index in [9.17, 15) is 9.18 Å². The highest BCUT2D eigenvalue weighted by Gasteiger charge is 2.43. The zero-order valence-corrected chi connectivity index (χ0v) is 11.6. The van der Waals surface area contributed by atoms with Gasteiger partial charge < -0.3 is 0 Å². The zero-order valence-electron chi connectivity index (χ0n) is 10.7. The fraction of sp³-hybridized carbons (Fsp3) is 0.429. The molecule has 0 fully saturated rings. The molecule has 2 rings (SSSR count). The zero-order chi connectivity index (χ0) is 13.3. The predicted octanol–water partition coefficient (Wildman–Crippen LogP) is 3.45. The van der Waals surface area contributed by atoms with Crippen LogP contribution >= 0.6 is 11.8 Å². The number of nitrogens with zero attached hydrogens (tertiary/aromatic N) is 1. The van der Waals surface area contributed by atoms with Gasteiger partial charge in [0.05, 0.1) is 5.04 Å². The molecule has 0 saturated heterocycles. The van der Waals surface area contributed by atoms with Gasteiger partial charge >= 0.3 is 0 Å². The Balaban J connectivity index is 2.17. The number of rotatable bonds is 3. The fourth-order valence-corrected chi connectivity index (χ4v) is 2.99. The largest absolute Gasteiger partial charge is 0.271 e. The average molecular weight is 265 g/mol. The Kier molecular flexibility index (Phi) is 3.57. The molecule has 0 unspecified atom stereocenters. The van der Waals surface area contributed by atoms with E-state index in [2.05, 4.69) is 4.99 Å². The Hall–Kier alpha value is -1.16. The molecule has 0 spiro atoms. The standard InChI is InChI=1S/C14H16FNOS/c1-9(2)14(3)13(17)16-12(18-14)8-10-6-4-5-7-11(10)15/h4-7,9H,8H2,1-3H3/t14-/m1/s1. The Morgan fingerprint density at radius 1 is 1.39 bits per heavy atom. The molecule has 1 aliphatic rings. The minimum absolute atomic E-state index is 0.103. The summed E-state index contributed by atoms with van der Waals surface area (Å²) in [6.07, 6.45) is 0.394. The normalized spacial score (nSPS) is 23.6. The van der Waals surface area contributed by atoms with E-state index in [1.54, 1.807) is 18.2 Å². The monoisotopic (exact) mass is 265 g/mol. The van der Waals surface area contributed by atoms with Crippen LogP contribution in [0.15, 0.2) is 29.3 Å². The summed E-state index contributed by atoms with van der Waals surface area (Å²) >= 11 is 1.47. The van der Waals surface area contributed by atoms with Crippen molar-refractivity contribution < 1.29 is 9.18 Å². The lowest BCUT2D eigenvalue weighted by Gasteiger charge is -2.24. The number of halogens is 1. The molecule has 1 atom stereocenters. The first-order chi connectivity index (χ1) is 8.43. The van der Waals surface area contributed by atoms with E-state index in [1.807, 2.05) is 20.8 Å². The Morgan fingerprint density at radius 3 is 2.61 bits per heavy atom. The SMILES string of the molecule is CC(C)[C@@]1(C)SC(Cc2ccccc2F)=NC1=O. The van der Waals surface area contributed by atoms with Crippen LogP contribution in [0, 0.1) is 11.7 Å². The predicted molar refractivity (Wildman–Crippen MR) is 73.4 cm³/mol. The molecule has 1 aromatic rings. The minimum atomic E-state index is -0.499. The molecule has 1 aliphatic heterocycles. The van der Waals surface area contributed by atoms with Crippen LogP contribution in [-0.2, 0) is 11.2 Å². The highest BCUT2D eigenvalue weighted by atomic mass is 32.2. The van der Waals surface area contributed by atoms with Gasteiger partial charge in [0.2, 0.25) is 0 Å². The number of hydrogen-bond donors (Lipinski definition) is 0. The van der Waals surface area contributed by atoms with Gasteiger partial charge in [-0.15, -0.1) is 0 Å². The smallest absolute Gasteiger partial charge is 0.263 e. The van der Waals surface area contributed by atoms with Crippen molar-refractivity contribution in [3.05, 3.63) is 35.6 Å². The molecule has 0 bridgehead atoms. The van der Waals surface area contributed by atoms with Crippen molar-refractivity contribution in [2.45, 2.75) is 31.9 Å². The van der Waals surface area contributed by atoms with Crippen molar-refractivity contribution in [2.75, 3.05) is 0 Å². The fourth-order valence-electron chi connectivity index (χ4n) is 1.78. The van der Waals surface area contributed by atoms with Crippen LogP contribution in [0.5, 0.6) is 0 Å². The van der Waals surface area contributed by atoms with Crippen LogP contribution in [-0.4, -0.2) is 15.7 Å². The number of amides is 1. The molecule has 0 aromatic heterocycles. The highest BCUT2D eigenvalue weighted by molar-refractivity contribution is 8.16. The summed E-state index contributed by atoms with van der Waals surface area (Å²) in [5, 5.41) is 0.710. The molecule has 4 heteroatoms. The first-order valence-electron chi connectivity index (χ1n) is 5.98. The summed E-state index contributed by atoms with van der Waals surface area (Å²) in [5.74, 6) is -0.142. The molecule has 0 radical (unpaired) electrons. The molecule has 96 valence electrons. The summed E-state index contributed by atoms with van der Waals surface area (Å²) in [5.41, 5.74) is 0.588. The lowest BCUT2D eigenvalue weighted by Crippen LogP contribution is -2.33. The van der Waals surface area contributed by atoms with Crippen molar-refractivity contribution in [3.8, 4) is 0 Å². The first kappa shape index (κ1) is 13.3. The van der Waals surface area contributed by atoms with Gasteiger partial charge in [-0.25, -0.2) is 9.38 Å². The third-order valence-corrected chi connectivity index (χ3v) is 4.92. The molecule has 1 amide bonds. The number of benzene rings is 1. The highest BCUT2D eigenvalue weighted by Crippen LogP contribution is 2.40. The molecule has 1 heterocycles. The van der Waals surface area contributed by atoms with Crippen LogP contribution in [0.2, 0.25) is 0 Å². The van der Waals surface area contributed by atoms with Gasteiger partial charge in [-0.3, -0.25) is 4.79 Å². The lowest BCUT2D eigenvalue weighted by molar-refractivity contribution is -0.120. The van der Waals surface area contributed by atoms with E-state index < -0.39 is 4.75 Å².